The standard InChI is InChI=1S/C14H18N2O2/c1-2-3-10-16-12-7-5-4-6-11(12)15-13(16)8-9-14(17)18/h4-7H,2-3,8-10H2,1H3,(H,17,18). The first-order chi connectivity index (χ1) is 8.72. The highest BCUT2D eigenvalue weighted by molar-refractivity contribution is 5.76. The van der Waals surface area contributed by atoms with Crippen molar-refractivity contribution in [3.63, 3.8) is 0 Å². The minimum Gasteiger partial charge on any atom is -0.481 e. The fourth-order valence-corrected chi connectivity index (χ4v) is 2.10. The molecule has 1 aromatic carbocycles. The number of nitrogens with zero attached hydrogens (tertiary/aromatic N) is 2. The van der Waals surface area contributed by atoms with Gasteiger partial charge in [0.1, 0.15) is 5.82 Å². The molecule has 1 aromatic heterocycles. The number of aryl methyl sites for hydroxylation is 2. The van der Waals surface area contributed by atoms with E-state index in [-0.39, 0.29) is 6.42 Å². The van der Waals surface area contributed by atoms with E-state index in [1.54, 1.807) is 0 Å². The largest absolute Gasteiger partial charge is 0.481 e. The van der Waals surface area contributed by atoms with Gasteiger partial charge in [0.2, 0.25) is 0 Å². The normalized spacial score (nSPS) is 10.9. The van der Waals surface area contributed by atoms with Crippen molar-refractivity contribution >= 4 is 17.0 Å². The van der Waals surface area contributed by atoms with Crippen molar-refractivity contribution in [3.8, 4) is 0 Å². The summed E-state index contributed by atoms with van der Waals surface area (Å²) < 4.78 is 2.15. The third-order valence-electron chi connectivity index (χ3n) is 3.03. The van der Waals surface area contributed by atoms with Gasteiger partial charge in [-0.25, -0.2) is 4.98 Å². The van der Waals surface area contributed by atoms with Crippen LogP contribution in [0.15, 0.2) is 24.3 Å². The van der Waals surface area contributed by atoms with Crippen LogP contribution in [0.4, 0.5) is 0 Å². The van der Waals surface area contributed by atoms with Crippen molar-refractivity contribution < 1.29 is 9.90 Å². The Bertz CT molecular complexity index is 546. The van der Waals surface area contributed by atoms with Crippen LogP contribution in [-0.2, 0) is 17.8 Å². The van der Waals surface area contributed by atoms with Crippen LogP contribution in [-0.4, -0.2) is 20.6 Å². The molecule has 0 spiro atoms. The predicted molar refractivity (Wildman–Crippen MR) is 70.6 cm³/mol. The molecule has 2 rings (SSSR count). The highest BCUT2D eigenvalue weighted by atomic mass is 16.4. The molecule has 0 atom stereocenters. The molecule has 96 valence electrons. The minimum absolute atomic E-state index is 0.134. The molecule has 0 aliphatic rings. The number of hydrogen-bond acceptors (Lipinski definition) is 2. The first-order valence-electron chi connectivity index (χ1n) is 6.38. The van der Waals surface area contributed by atoms with Gasteiger partial charge in [0.25, 0.3) is 0 Å². The number of hydrogen-bond donors (Lipinski definition) is 1. The van der Waals surface area contributed by atoms with E-state index in [2.05, 4.69) is 16.5 Å². The summed E-state index contributed by atoms with van der Waals surface area (Å²) in [6, 6.07) is 7.97. The summed E-state index contributed by atoms with van der Waals surface area (Å²) in [6.07, 6.45) is 2.83. The van der Waals surface area contributed by atoms with Crippen LogP contribution >= 0.6 is 0 Å². The molecule has 4 heteroatoms. The van der Waals surface area contributed by atoms with Crippen LogP contribution < -0.4 is 0 Å². The molecule has 4 nitrogen and oxygen atoms in total. The van der Waals surface area contributed by atoms with Gasteiger partial charge in [0, 0.05) is 13.0 Å². The molecule has 0 aliphatic carbocycles. The van der Waals surface area contributed by atoms with Crippen LogP contribution in [0.3, 0.4) is 0 Å². The van der Waals surface area contributed by atoms with Crippen molar-refractivity contribution in [1.29, 1.82) is 0 Å². The lowest BCUT2D eigenvalue weighted by atomic mass is 10.2. The molecule has 0 aliphatic heterocycles. The SMILES string of the molecule is CCCCn1c(CCC(=O)O)nc2ccccc21. The molecule has 0 amide bonds. The number of imidazole rings is 1. The van der Waals surface area contributed by atoms with Crippen molar-refractivity contribution in [3.05, 3.63) is 30.1 Å². The van der Waals surface area contributed by atoms with Gasteiger partial charge in [-0.05, 0) is 18.6 Å². The highest BCUT2D eigenvalue weighted by Crippen LogP contribution is 2.18. The third-order valence-corrected chi connectivity index (χ3v) is 3.03. The average molecular weight is 246 g/mol. The zero-order valence-electron chi connectivity index (χ0n) is 10.6. The Morgan fingerprint density at radius 2 is 2.17 bits per heavy atom. The maximum atomic E-state index is 10.7. The van der Waals surface area contributed by atoms with Gasteiger partial charge in [-0.1, -0.05) is 25.5 Å². The fraction of sp³-hybridized carbons (Fsp3) is 0.429. The number of rotatable bonds is 6. The molecule has 0 fully saturated rings. The van der Waals surface area contributed by atoms with Crippen LogP contribution in [0.2, 0.25) is 0 Å². The smallest absolute Gasteiger partial charge is 0.303 e. The van der Waals surface area contributed by atoms with E-state index in [1.807, 2.05) is 24.3 Å². The zero-order chi connectivity index (χ0) is 13.0. The number of carboxylic acids is 1. The number of aromatic nitrogens is 2. The minimum atomic E-state index is -0.774. The van der Waals surface area contributed by atoms with Crippen molar-refractivity contribution in [2.45, 2.75) is 39.2 Å². The number of fused-ring (bicyclic) bond motifs is 1. The third kappa shape index (κ3) is 2.70. The number of aliphatic carboxylic acids is 1. The molecule has 1 N–H and O–H groups in total. The molecular weight excluding hydrogens is 228 g/mol. The summed E-state index contributed by atoms with van der Waals surface area (Å²) in [7, 11) is 0. The molecule has 0 saturated heterocycles. The summed E-state index contributed by atoms with van der Waals surface area (Å²) in [6.45, 7) is 3.06. The van der Waals surface area contributed by atoms with E-state index in [9.17, 15) is 4.79 Å². The Labute approximate surface area is 106 Å². The van der Waals surface area contributed by atoms with Crippen LogP contribution in [0, 0.1) is 0 Å². The Morgan fingerprint density at radius 1 is 1.39 bits per heavy atom. The Balaban J connectivity index is 2.33. The lowest BCUT2D eigenvalue weighted by molar-refractivity contribution is -0.137. The van der Waals surface area contributed by atoms with E-state index in [1.165, 1.54) is 0 Å². The van der Waals surface area contributed by atoms with E-state index in [0.717, 1.165) is 36.2 Å². The maximum Gasteiger partial charge on any atom is 0.303 e. The van der Waals surface area contributed by atoms with Gasteiger partial charge in [-0.15, -0.1) is 0 Å². The van der Waals surface area contributed by atoms with E-state index in [4.69, 9.17) is 5.11 Å². The topological polar surface area (TPSA) is 55.1 Å². The fourth-order valence-electron chi connectivity index (χ4n) is 2.10. The number of para-hydroxylation sites is 2. The van der Waals surface area contributed by atoms with Gasteiger partial charge in [-0.2, -0.15) is 0 Å². The summed E-state index contributed by atoms with van der Waals surface area (Å²) in [5.41, 5.74) is 2.06. The molecule has 1 heterocycles. The zero-order valence-corrected chi connectivity index (χ0v) is 10.6. The lowest BCUT2D eigenvalue weighted by Gasteiger charge is -2.07. The second-order valence-corrected chi connectivity index (χ2v) is 4.42. The molecule has 0 unspecified atom stereocenters. The van der Waals surface area contributed by atoms with Gasteiger partial charge >= 0.3 is 5.97 Å². The van der Waals surface area contributed by atoms with Crippen LogP contribution in [0.25, 0.3) is 11.0 Å². The monoisotopic (exact) mass is 246 g/mol. The second-order valence-electron chi connectivity index (χ2n) is 4.42. The molecule has 18 heavy (non-hydrogen) atoms. The summed E-state index contributed by atoms with van der Waals surface area (Å²) in [5, 5.41) is 8.78. The van der Waals surface area contributed by atoms with E-state index in [0.29, 0.717) is 6.42 Å². The van der Waals surface area contributed by atoms with Gasteiger partial charge in [-0.3, -0.25) is 4.79 Å². The van der Waals surface area contributed by atoms with Crippen molar-refractivity contribution in [2.75, 3.05) is 0 Å². The molecule has 0 radical (unpaired) electrons. The molecule has 0 bridgehead atoms. The molecule has 0 saturated carbocycles. The van der Waals surface area contributed by atoms with Crippen molar-refractivity contribution in [2.24, 2.45) is 0 Å². The van der Waals surface area contributed by atoms with E-state index < -0.39 is 5.97 Å². The van der Waals surface area contributed by atoms with Crippen LogP contribution in [0.1, 0.15) is 32.0 Å². The summed E-state index contributed by atoms with van der Waals surface area (Å²) >= 11 is 0. The van der Waals surface area contributed by atoms with E-state index >= 15 is 0 Å². The molecule has 2 aromatic rings. The maximum absolute atomic E-state index is 10.7. The quantitative estimate of drug-likeness (QED) is 0.852. The van der Waals surface area contributed by atoms with Gasteiger partial charge < -0.3 is 9.67 Å². The van der Waals surface area contributed by atoms with Gasteiger partial charge in [0.05, 0.1) is 17.5 Å². The Hall–Kier alpha value is -1.84. The lowest BCUT2D eigenvalue weighted by Crippen LogP contribution is -2.06. The van der Waals surface area contributed by atoms with Crippen molar-refractivity contribution in [1.82, 2.24) is 9.55 Å². The number of unbranched alkanes of at least 4 members (excludes halogenated alkanes) is 1. The summed E-state index contributed by atoms with van der Waals surface area (Å²) in [4.78, 5) is 15.2. The van der Waals surface area contributed by atoms with Gasteiger partial charge in [0.15, 0.2) is 0 Å². The number of carboxylic acid groups (broad SMARTS) is 1. The first-order valence-corrected chi connectivity index (χ1v) is 6.38. The second kappa shape index (κ2) is 5.67. The predicted octanol–water partition coefficient (Wildman–Crippen LogP) is 2.85. The molecular formula is C14H18N2O2. The van der Waals surface area contributed by atoms with Crippen LogP contribution in [0.5, 0.6) is 0 Å². The summed E-state index contributed by atoms with van der Waals surface area (Å²) in [5.74, 6) is 0.108. The Morgan fingerprint density at radius 3 is 2.89 bits per heavy atom. The number of benzene rings is 1. The number of carbonyl (C=O) groups is 1. The first kappa shape index (κ1) is 12.6. The average Bonchev–Trinajstić information content (AvgIpc) is 2.71. The highest BCUT2D eigenvalue weighted by Gasteiger charge is 2.11. The Kier molecular flexibility index (Phi) is 3.97.